The third-order valence-electron chi connectivity index (χ3n) is 4.21. The zero-order valence-corrected chi connectivity index (χ0v) is 12.6. The van der Waals surface area contributed by atoms with Crippen LogP contribution in [0.5, 0.6) is 0 Å². The fraction of sp³-hybridized carbons (Fsp3) is 0.412. The SMILES string of the molecule is CCn1nccc1CN(C)C(=O)C1CC1c1ccccc1. The van der Waals surface area contributed by atoms with Crippen molar-refractivity contribution in [2.24, 2.45) is 5.92 Å². The molecule has 1 heterocycles. The second kappa shape index (κ2) is 5.72. The molecule has 0 N–H and O–H groups in total. The van der Waals surface area contributed by atoms with Gasteiger partial charge in [-0.25, -0.2) is 0 Å². The summed E-state index contributed by atoms with van der Waals surface area (Å²) >= 11 is 0. The Morgan fingerprint density at radius 1 is 1.33 bits per heavy atom. The van der Waals surface area contributed by atoms with Crippen LogP contribution in [0.3, 0.4) is 0 Å². The smallest absolute Gasteiger partial charge is 0.226 e. The third kappa shape index (κ3) is 2.84. The molecule has 1 saturated carbocycles. The van der Waals surface area contributed by atoms with Crippen LogP contribution in [0.25, 0.3) is 0 Å². The van der Waals surface area contributed by atoms with Gasteiger partial charge in [-0.3, -0.25) is 9.48 Å². The van der Waals surface area contributed by atoms with E-state index in [1.54, 1.807) is 6.20 Å². The Kier molecular flexibility index (Phi) is 3.78. The second-order valence-corrected chi connectivity index (χ2v) is 5.69. The lowest BCUT2D eigenvalue weighted by Gasteiger charge is -2.18. The maximum atomic E-state index is 12.5. The summed E-state index contributed by atoms with van der Waals surface area (Å²) in [5.74, 6) is 0.792. The standard InChI is InChI=1S/C17H21N3O/c1-3-20-14(9-10-18-20)12-19(2)17(21)16-11-15(16)13-7-5-4-6-8-13/h4-10,15-16H,3,11-12H2,1-2H3. The summed E-state index contributed by atoms with van der Waals surface area (Å²) in [6.45, 7) is 3.52. The topological polar surface area (TPSA) is 38.1 Å². The van der Waals surface area contributed by atoms with Crippen molar-refractivity contribution in [3.63, 3.8) is 0 Å². The average Bonchev–Trinajstić information content (AvgIpc) is 3.20. The lowest BCUT2D eigenvalue weighted by Crippen LogP contribution is -2.29. The molecule has 0 bridgehead atoms. The van der Waals surface area contributed by atoms with Gasteiger partial charge in [0.05, 0.1) is 12.2 Å². The van der Waals surface area contributed by atoms with E-state index in [4.69, 9.17) is 0 Å². The van der Waals surface area contributed by atoms with E-state index in [1.807, 2.05) is 40.9 Å². The summed E-state index contributed by atoms with van der Waals surface area (Å²) in [5.41, 5.74) is 2.37. The molecule has 0 spiro atoms. The van der Waals surface area contributed by atoms with Crippen molar-refractivity contribution < 1.29 is 4.79 Å². The van der Waals surface area contributed by atoms with Crippen LogP contribution in [0.1, 0.15) is 30.5 Å². The van der Waals surface area contributed by atoms with Gasteiger partial charge in [0.2, 0.25) is 5.91 Å². The van der Waals surface area contributed by atoms with E-state index >= 15 is 0 Å². The van der Waals surface area contributed by atoms with Gasteiger partial charge in [-0.2, -0.15) is 5.10 Å². The van der Waals surface area contributed by atoms with Gasteiger partial charge in [0.25, 0.3) is 0 Å². The van der Waals surface area contributed by atoms with Crippen molar-refractivity contribution in [3.05, 3.63) is 53.9 Å². The molecule has 1 aromatic heterocycles. The minimum absolute atomic E-state index is 0.149. The van der Waals surface area contributed by atoms with Gasteiger partial charge in [-0.1, -0.05) is 30.3 Å². The van der Waals surface area contributed by atoms with Crippen molar-refractivity contribution >= 4 is 5.91 Å². The first kappa shape index (κ1) is 13.9. The van der Waals surface area contributed by atoms with Crippen LogP contribution in [-0.4, -0.2) is 27.6 Å². The average molecular weight is 283 g/mol. The van der Waals surface area contributed by atoms with Crippen molar-refractivity contribution in [2.45, 2.75) is 32.4 Å². The van der Waals surface area contributed by atoms with E-state index in [9.17, 15) is 4.79 Å². The molecule has 3 rings (SSSR count). The number of rotatable bonds is 5. The van der Waals surface area contributed by atoms with Crippen LogP contribution >= 0.6 is 0 Å². The minimum Gasteiger partial charge on any atom is -0.340 e. The molecule has 1 aliphatic carbocycles. The van der Waals surface area contributed by atoms with Gasteiger partial charge in [0, 0.05) is 25.7 Å². The Morgan fingerprint density at radius 3 is 2.81 bits per heavy atom. The number of benzene rings is 1. The molecule has 4 heteroatoms. The fourth-order valence-electron chi connectivity index (χ4n) is 2.92. The van der Waals surface area contributed by atoms with E-state index in [0.717, 1.165) is 18.7 Å². The van der Waals surface area contributed by atoms with E-state index in [0.29, 0.717) is 12.5 Å². The van der Waals surface area contributed by atoms with E-state index < -0.39 is 0 Å². The van der Waals surface area contributed by atoms with Crippen molar-refractivity contribution in [3.8, 4) is 0 Å². The van der Waals surface area contributed by atoms with Gasteiger partial charge >= 0.3 is 0 Å². The van der Waals surface area contributed by atoms with Crippen LogP contribution < -0.4 is 0 Å². The highest BCUT2D eigenvalue weighted by molar-refractivity contribution is 5.82. The summed E-state index contributed by atoms with van der Waals surface area (Å²) in [6, 6.07) is 12.3. The number of carbonyl (C=O) groups excluding carboxylic acids is 1. The van der Waals surface area contributed by atoms with Gasteiger partial charge in [-0.05, 0) is 30.9 Å². The number of carbonyl (C=O) groups is 1. The molecular weight excluding hydrogens is 262 g/mol. The van der Waals surface area contributed by atoms with Crippen LogP contribution in [0.2, 0.25) is 0 Å². The molecule has 2 atom stereocenters. The highest BCUT2D eigenvalue weighted by atomic mass is 16.2. The molecule has 2 aromatic rings. The molecule has 1 amide bonds. The normalized spacial score (nSPS) is 20.3. The quantitative estimate of drug-likeness (QED) is 0.846. The summed E-state index contributed by atoms with van der Waals surface area (Å²) < 4.78 is 1.94. The van der Waals surface area contributed by atoms with Crippen LogP contribution in [0, 0.1) is 5.92 Å². The monoisotopic (exact) mass is 283 g/mol. The fourth-order valence-corrected chi connectivity index (χ4v) is 2.92. The maximum absolute atomic E-state index is 12.5. The zero-order valence-electron chi connectivity index (χ0n) is 12.6. The van der Waals surface area contributed by atoms with Gasteiger partial charge in [-0.15, -0.1) is 0 Å². The summed E-state index contributed by atoms with van der Waals surface area (Å²) in [5, 5.41) is 4.25. The lowest BCUT2D eigenvalue weighted by molar-refractivity contribution is -0.132. The number of nitrogens with zero attached hydrogens (tertiary/aromatic N) is 3. The molecular formula is C17H21N3O. The molecule has 21 heavy (non-hydrogen) atoms. The number of hydrogen-bond donors (Lipinski definition) is 0. The van der Waals surface area contributed by atoms with E-state index in [1.165, 1.54) is 5.56 Å². The summed E-state index contributed by atoms with van der Waals surface area (Å²) in [4.78, 5) is 14.3. The Morgan fingerprint density at radius 2 is 2.10 bits per heavy atom. The van der Waals surface area contributed by atoms with Crippen LogP contribution in [0.4, 0.5) is 0 Å². The van der Waals surface area contributed by atoms with Crippen LogP contribution in [0.15, 0.2) is 42.6 Å². The van der Waals surface area contributed by atoms with Crippen molar-refractivity contribution in [2.75, 3.05) is 7.05 Å². The second-order valence-electron chi connectivity index (χ2n) is 5.69. The summed E-state index contributed by atoms with van der Waals surface area (Å²) in [7, 11) is 1.88. The Labute approximate surface area is 125 Å². The van der Waals surface area contributed by atoms with Gasteiger partial charge < -0.3 is 4.90 Å². The molecule has 1 fully saturated rings. The molecule has 2 unspecified atom stereocenters. The lowest BCUT2D eigenvalue weighted by atomic mass is 10.1. The maximum Gasteiger partial charge on any atom is 0.226 e. The molecule has 4 nitrogen and oxygen atoms in total. The zero-order chi connectivity index (χ0) is 14.8. The summed E-state index contributed by atoms with van der Waals surface area (Å²) in [6.07, 6.45) is 2.77. The number of aryl methyl sites for hydroxylation is 1. The number of hydrogen-bond acceptors (Lipinski definition) is 2. The third-order valence-corrected chi connectivity index (χ3v) is 4.21. The number of aromatic nitrogens is 2. The molecule has 1 aromatic carbocycles. The van der Waals surface area contributed by atoms with E-state index in [-0.39, 0.29) is 11.8 Å². The van der Waals surface area contributed by atoms with Gasteiger partial charge in [0.1, 0.15) is 0 Å². The highest BCUT2D eigenvalue weighted by Crippen LogP contribution is 2.48. The Bertz CT molecular complexity index is 620. The molecule has 0 saturated heterocycles. The number of amides is 1. The molecule has 1 aliphatic rings. The van der Waals surface area contributed by atoms with Gasteiger partial charge in [0.15, 0.2) is 0 Å². The van der Waals surface area contributed by atoms with Crippen LogP contribution in [-0.2, 0) is 17.9 Å². The Balaban J connectivity index is 1.62. The first-order valence-corrected chi connectivity index (χ1v) is 7.51. The molecule has 0 radical (unpaired) electrons. The largest absolute Gasteiger partial charge is 0.340 e. The first-order valence-electron chi connectivity index (χ1n) is 7.51. The predicted octanol–water partition coefficient (Wildman–Crippen LogP) is 2.67. The highest BCUT2D eigenvalue weighted by Gasteiger charge is 2.45. The minimum atomic E-state index is 0.149. The van der Waals surface area contributed by atoms with Crippen molar-refractivity contribution in [1.29, 1.82) is 0 Å². The first-order chi connectivity index (χ1) is 10.2. The Hall–Kier alpha value is -2.10. The predicted molar refractivity (Wildman–Crippen MR) is 81.7 cm³/mol. The molecule has 110 valence electrons. The molecule has 0 aliphatic heterocycles. The van der Waals surface area contributed by atoms with Crippen molar-refractivity contribution in [1.82, 2.24) is 14.7 Å². The van der Waals surface area contributed by atoms with E-state index in [2.05, 4.69) is 24.2 Å².